The van der Waals surface area contributed by atoms with E-state index >= 15 is 0 Å². The van der Waals surface area contributed by atoms with Crippen LogP contribution in [-0.2, 0) is 20.7 Å². The predicted molar refractivity (Wildman–Crippen MR) is 79.7 cm³/mol. The summed E-state index contributed by atoms with van der Waals surface area (Å²) < 4.78 is 5.24. The summed E-state index contributed by atoms with van der Waals surface area (Å²) in [5.41, 5.74) is 1.25. The van der Waals surface area contributed by atoms with Crippen LogP contribution >= 0.6 is 0 Å². The highest BCUT2D eigenvalue weighted by Crippen LogP contribution is 2.24. The van der Waals surface area contributed by atoms with Gasteiger partial charge in [0, 0.05) is 12.1 Å². The number of amides is 1. The van der Waals surface area contributed by atoms with E-state index < -0.39 is 11.6 Å². The Hall–Kier alpha value is -2.46. The molecule has 6 nitrogen and oxygen atoms in total. The molecule has 1 heterocycles. The highest BCUT2D eigenvalue weighted by molar-refractivity contribution is 5.98. The quantitative estimate of drug-likeness (QED) is 0.486. The van der Waals surface area contributed by atoms with Crippen LogP contribution in [0.5, 0.6) is 0 Å². The van der Waals surface area contributed by atoms with Gasteiger partial charge in [-0.2, -0.15) is 4.99 Å². The number of esters is 1. The van der Waals surface area contributed by atoms with Gasteiger partial charge in [0.1, 0.15) is 12.1 Å². The molecule has 1 aromatic carbocycles. The number of nitrogens with zero attached hydrogens (tertiary/aromatic N) is 2. The van der Waals surface area contributed by atoms with Crippen molar-refractivity contribution in [3.8, 4) is 0 Å². The predicted octanol–water partition coefficient (Wildman–Crippen LogP) is 1.99. The Kier molecular flexibility index (Phi) is 4.43. The van der Waals surface area contributed by atoms with Crippen molar-refractivity contribution >= 4 is 23.6 Å². The number of aliphatic imine (C=N–C) groups is 1. The number of hydrogen-bond donors (Lipinski definition) is 0. The van der Waals surface area contributed by atoms with E-state index in [9.17, 15) is 14.4 Å². The summed E-state index contributed by atoms with van der Waals surface area (Å²) in [7, 11) is 0. The van der Waals surface area contributed by atoms with Crippen LogP contribution in [0, 0.1) is 0 Å². The van der Waals surface area contributed by atoms with E-state index in [0.29, 0.717) is 24.2 Å². The van der Waals surface area contributed by atoms with Crippen molar-refractivity contribution in [2.45, 2.75) is 32.8 Å². The molecule has 1 aliphatic rings. The minimum Gasteiger partial charge on any atom is -0.459 e. The number of benzene rings is 1. The SMILES string of the molecule is CC(C)(C)OC(=O)CN1CCc2cc(N=C=O)ccc2C1=O. The van der Waals surface area contributed by atoms with Crippen LogP contribution in [0.3, 0.4) is 0 Å². The number of fused-ring (bicyclic) bond motifs is 1. The van der Waals surface area contributed by atoms with Crippen molar-refractivity contribution in [2.24, 2.45) is 4.99 Å². The highest BCUT2D eigenvalue weighted by Gasteiger charge is 2.27. The second-order valence-corrected chi connectivity index (χ2v) is 6.11. The lowest BCUT2D eigenvalue weighted by atomic mass is 9.98. The monoisotopic (exact) mass is 302 g/mol. The molecule has 0 saturated carbocycles. The van der Waals surface area contributed by atoms with Crippen molar-refractivity contribution in [1.29, 1.82) is 0 Å². The van der Waals surface area contributed by atoms with Crippen molar-refractivity contribution in [2.75, 3.05) is 13.1 Å². The first kappa shape index (κ1) is 15.9. The Morgan fingerprint density at radius 2 is 2.14 bits per heavy atom. The van der Waals surface area contributed by atoms with Crippen LogP contribution in [0.1, 0.15) is 36.7 Å². The molecule has 1 aromatic rings. The fourth-order valence-electron chi connectivity index (χ4n) is 2.33. The fraction of sp³-hybridized carbons (Fsp3) is 0.438. The fourth-order valence-corrected chi connectivity index (χ4v) is 2.33. The van der Waals surface area contributed by atoms with E-state index in [2.05, 4.69) is 4.99 Å². The lowest BCUT2D eigenvalue weighted by Gasteiger charge is -2.29. The largest absolute Gasteiger partial charge is 0.459 e. The molecule has 116 valence electrons. The summed E-state index contributed by atoms with van der Waals surface area (Å²) >= 11 is 0. The van der Waals surface area contributed by atoms with Gasteiger partial charge in [0.2, 0.25) is 6.08 Å². The van der Waals surface area contributed by atoms with E-state index in [1.165, 1.54) is 11.0 Å². The number of isocyanates is 1. The van der Waals surface area contributed by atoms with Crippen LogP contribution in [-0.4, -0.2) is 41.5 Å². The molecule has 1 aliphatic heterocycles. The third-order valence-corrected chi connectivity index (χ3v) is 3.17. The molecule has 0 aliphatic carbocycles. The van der Waals surface area contributed by atoms with Gasteiger partial charge in [0.15, 0.2) is 0 Å². The third kappa shape index (κ3) is 3.80. The topological polar surface area (TPSA) is 76.0 Å². The first-order valence-electron chi connectivity index (χ1n) is 7.02. The average Bonchev–Trinajstić information content (AvgIpc) is 2.40. The Balaban J connectivity index is 2.12. The van der Waals surface area contributed by atoms with E-state index in [1.807, 2.05) is 0 Å². The number of ether oxygens (including phenoxy) is 1. The molecule has 0 N–H and O–H groups in total. The molecule has 0 radical (unpaired) electrons. The molecule has 1 amide bonds. The van der Waals surface area contributed by atoms with Crippen LogP contribution in [0.2, 0.25) is 0 Å². The molecule has 0 saturated heterocycles. The van der Waals surface area contributed by atoms with Gasteiger partial charge >= 0.3 is 5.97 Å². The average molecular weight is 302 g/mol. The van der Waals surface area contributed by atoms with Gasteiger partial charge < -0.3 is 9.64 Å². The van der Waals surface area contributed by atoms with E-state index in [-0.39, 0.29) is 12.5 Å². The van der Waals surface area contributed by atoms with Crippen LogP contribution in [0.4, 0.5) is 5.69 Å². The van der Waals surface area contributed by atoms with Crippen molar-refractivity contribution in [3.63, 3.8) is 0 Å². The smallest absolute Gasteiger partial charge is 0.326 e. The Labute approximate surface area is 128 Å². The maximum absolute atomic E-state index is 12.4. The first-order chi connectivity index (χ1) is 10.3. The minimum absolute atomic E-state index is 0.0657. The Morgan fingerprint density at radius 3 is 2.77 bits per heavy atom. The molecule has 0 atom stereocenters. The van der Waals surface area contributed by atoms with Crippen molar-refractivity contribution in [1.82, 2.24) is 4.90 Å². The lowest BCUT2D eigenvalue weighted by Crippen LogP contribution is -2.42. The summed E-state index contributed by atoms with van der Waals surface area (Å²) in [4.78, 5) is 39.5. The molecule has 0 fully saturated rings. The number of carbonyl (C=O) groups is 2. The number of carbonyl (C=O) groups excluding carboxylic acids is 3. The molecule has 6 heteroatoms. The van der Waals surface area contributed by atoms with Crippen molar-refractivity contribution < 1.29 is 19.1 Å². The molecule has 0 aromatic heterocycles. The van der Waals surface area contributed by atoms with Gasteiger partial charge in [-0.25, -0.2) is 4.79 Å². The molecular weight excluding hydrogens is 284 g/mol. The van der Waals surface area contributed by atoms with Crippen LogP contribution in [0.25, 0.3) is 0 Å². The van der Waals surface area contributed by atoms with E-state index in [1.54, 1.807) is 39.0 Å². The van der Waals surface area contributed by atoms with Gasteiger partial charge in [0.05, 0.1) is 5.69 Å². The summed E-state index contributed by atoms with van der Waals surface area (Å²) in [6, 6.07) is 4.90. The van der Waals surface area contributed by atoms with Gasteiger partial charge in [-0.3, -0.25) is 9.59 Å². The third-order valence-electron chi connectivity index (χ3n) is 3.17. The molecular formula is C16H18N2O4. The van der Waals surface area contributed by atoms with Crippen molar-refractivity contribution in [3.05, 3.63) is 29.3 Å². The van der Waals surface area contributed by atoms with Gasteiger partial charge in [-0.15, -0.1) is 0 Å². The first-order valence-corrected chi connectivity index (χ1v) is 7.02. The number of hydrogen-bond acceptors (Lipinski definition) is 5. The summed E-state index contributed by atoms with van der Waals surface area (Å²) in [5, 5.41) is 0. The zero-order valence-corrected chi connectivity index (χ0v) is 12.9. The molecule has 22 heavy (non-hydrogen) atoms. The van der Waals surface area contributed by atoms with Gasteiger partial charge in [-0.05, 0) is 51.0 Å². The lowest BCUT2D eigenvalue weighted by molar-refractivity contribution is -0.155. The molecule has 0 spiro atoms. The molecule has 0 bridgehead atoms. The normalized spacial score (nSPS) is 14.1. The van der Waals surface area contributed by atoms with Gasteiger partial charge in [0.25, 0.3) is 5.91 Å². The second-order valence-electron chi connectivity index (χ2n) is 6.11. The zero-order chi connectivity index (χ0) is 16.3. The van der Waals surface area contributed by atoms with Crippen LogP contribution < -0.4 is 0 Å². The maximum Gasteiger partial charge on any atom is 0.326 e. The number of rotatable bonds is 3. The summed E-state index contributed by atoms with van der Waals surface area (Å²) in [6.45, 7) is 5.72. The highest BCUT2D eigenvalue weighted by atomic mass is 16.6. The van der Waals surface area contributed by atoms with Crippen LogP contribution in [0.15, 0.2) is 23.2 Å². The van der Waals surface area contributed by atoms with Gasteiger partial charge in [-0.1, -0.05) is 0 Å². The minimum atomic E-state index is -0.574. The molecule has 2 rings (SSSR count). The zero-order valence-electron chi connectivity index (χ0n) is 12.9. The second kappa shape index (κ2) is 6.12. The standard InChI is InChI=1S/C16H18N2O4/c1-16(2,3)22-14(20)9-18-7-6-11-8-12(17-10-19)4-5-13(11)15(18)21/h4-5,8H,6-7,9H2,1-3H3. The Morgan fingerprint density at radius 1 is 1.41 bits per heavy atom. The van der Waals surface area contributed by atoms with E-state index in [4.69, 9.17) is 4.74 Å². The summed E-state index contributed by atoms with van der Waals surface area (Å²) in [5.74, 6) is -0.639. The molecule has 0 unspecified atom stereocenters. The van der Waals surface area contributed by atoms with E-state index in [0.717, 1.165) is 5.56 Å². The summed E-state index contributed by atoms with van der Waals surface area (Å²) in [6.07, 6.45) is 2.08. The Bertz CT molecular complexity index is 655. The maximum atomic E-state index is 12.4.